The number of aliphatic hydroxyl groups excluding tert-OH is 1. The summed E-state index contributed by atoms with van der Waals surface area (Å²) in [6.45, 7) is 18.9. The first-order valence-electron chi connectivity index (χ1n) is 7.58. The van der Waals surface area contributed by atoms with Crippen LogP contribution < -0.4 is 5.32 Å². The van der Waals surface area contributed by atoms with E-state index in [1.54, 1.807) is 0 Å². The molecule has 0 saturated heterocycles. The molecule has 3 nitrogen and oxygen atoms in total. The van der Waals surface area contributed by atoms with E-state index < -0.39 is 0 Å². The summed E-state index contributed by atoms with van der Waals surface area (Å²) < 4.78 is 0. The summed E-state index contributed by atoms with van der Waals surface area (Å²) in [7, 11) is 0. The van der Waals surface area contributed by atoms with Crippen molar-refractivity contribution in [3.63, 3.8) is 0 Å². The SMILES string of the molecule is CC(C)(CC(C)(C)C(C)(C)CCO)NC(=O)C(C)(C)C. The van der Waals surface area contributed by atoms with Crippen LogP contribution in [0.25, 0.3) is 0 Å². The van der Waals surface area contributed by atoms with Gasteiger partial charge in [0.1, 0.15) is 0 Å². The Morgan fingerprint density at radius 2 is 1.35 bits per heavy atom. The summed E-state index contributed by atoms with van der Waals surface area (Å²) in [5.41, 5.74) is -0.599. The van der Waals surface area contributed by atoms with Gasteiger partial charge in [0.05, 0.1) is 0 Å². The van der Waals surface area contributed by atoms with Gasteiger partial charge in [-0.15, -0.1) is 0 Å². The number of carbonyl (C=O) groups excluding carboxylic acids is 1. The maximum Gasteiger partial charge on any atom is 0.225 e. The van der Waals surface area contributed by atoms with E-state index in [1.165, 1.54) is 0 Å². The predicted octanol–water partition coefficient (Wildman–Crippen LogP) is 3.75. The molecule has 0 rings (SSSR count). The van der Waals surface area contributed by atoms with Crippen LogP contribution in [0.1, 0.15) is 75.2 Å². The quantitative estimate of drug-likeness (QED) is 0.781. The van der Waals surface area contributed by atoms with E-state index >= 15 is 0 Å². The fourth-order valence-corrected chi connectivity index (χ4v) is 2.50. The third-order valence-electron chi connectivity index (χ3n) is 4.59. The van der Waals surface area contributed by atoms with Crippen molar-refractivity contribution < 1.29 is 9.90 Å². The largest absolute Gasteiger partial charge is 0.396 e. The van der Waals surface area contributed by atoms with Crippen LogP contribution >= 0.6 is 0 Å². The molecule has 0 aliphatic heterocycles. The Morgan fingerprint density at radius 3 is 1.70 bits per heavy atom. The lowest BCUT2D eigenvalue weighted by molar-refractivity contribution is -0.130. The molecule has 0 aromatic carbocycles. The summed E-state index contributed by atoms with van der Waals surface area (Å²) in [5.74, 6) is 0.0817. The molecule has 0 aromatic rings. The van der Waals surface area contributed by atoms with Crippen molar-refractivity contribution in [2.75, 3.05) is 6.61 Å². The minimum atomic E-state index is -0.373. The first-order chi connectivity index (χ1) is 8.65. The van der Waals surface area contributed by atoms with Crippen LogP contribution in [0.5, 0.6) is 0 Å². The first kappa shape index (κ1) is 19.4. The van der Waals surface area contributed by atoms with E-state index in [0.29, 0.717) is 0 Å². The molecule has 0 fully saturated rings. The molecule has 20 heavy (non-hydrogen) atoms. The van der Waals surface area contributed by atoms with Crippen molar-refractivity contribution in [3.8, 4) is 0 Å². The van der Waals surface area contributed by atoms with E-state index in [4.69, 9.17) is 0 Å². The third kappa shape index (κ3) is 5.43. The Labute approximate surface area is 125 Å². The molecular weight excluding hydrogens is 250 g/mol. The van der Waals surface area contributed by atoms with Crippen LogP contribution in [0.15, 0.2) is 0 Å². The van der Waals surface area contributed by atoms with Crippen molar-refractivity contribution in [1.82, 2.24) is 5.32 Å². The molecule has 0 saturated carbocycles. The molecule has 0 radical (unpaired) electrons. The van der Waals surface area contributed by atoms with E-state index in [1.807, 2.05) is 20.8 Å². The van der Waals surface area contributed by atoms with E-state index in [9.17, 15) is 9.90 Å². The van der Waals surface area contributed by atoms with Gasteiger partial charge in [0.2, 0.25) is 5.91 Å². The molecular formula is C17H35NO2. The summed E-state index contributed by atoms with van der Waals surface area (Å²) in [4.78, 5) is 12.2. The third-order valence-corrected chi connectivity index (χ3v) is 4.59. The molecule has 0 aliphatic carbocycles. The van der Waals surface area contributed by atoms with Crippen LogP contribution in [0.4, 0.5) is 0 Å². The molecule has 0 bridgehead atoms. The number of aliphatic hydroxyl groups is 1. The Bertz CT molecular complexity index is 335. The monoisotopic (exact) mass is 285 g/mol. The molecule has 0 spiro atoms. The Morgan fingerprint density at radius 1 is 0.900 bits per heavy atom. The molecule has 1 amide bonds. The molecule has 0 unspecified atom stereocenters. The van der Waals surface area contributed by atoms with Gasteiger partial charge in [0.25, 0.3) is 0 Å². The topological polar surface area (TPSA) is 49.3 Å². The van der Waals surface area contributed by atoms with Gasteiger partial charge in [0, 0.05) is 17.6 Å². The second-order valence-corrected chi connectivity index (χ2v) is 9.01. The second kappa shape index (κ2) is 6.05. The maximum atomic E-state index is 12.2. The molecule has 2 N–H and O–H groups in total. The van der Waals surface area contributed by atoms with E-state index in [-0.39, 0.29) is 34.3 Å². The van der Waals surface area contributed by atoms with E-state index in [0.717, 1.165) is 12.8 Å². The van der Waals surface area contributed by atoms with Gasteiger partial charge < -0.3 is 10.4 Å². The van der Waals surface area contributed by atoms with Gasteiger partial charge in [-0.25, -0.2) is 0 Å². The number of hydrogen-bond donors (Lipinski definition) is 2. The predicted molar refractivity (Wildman–Crippen MR) is 85.6 cm³/mol. The van der Waals surface area contributed by atoms with Crippen LogP contribution in [-0.2, 0) is 4.79 Å². The first-order valence-corrected chi connectivity index (χ1v) is 7.58. The van der Waals surface area contributed by atoms with Crippen molar-refractivity contribution in [1.29, 1.82) is 0 Å². The maximum absolute atomic E-state index is 12.2. The van der Waals surface area contributed by atoms with Crippen LogP contribution in [-0.4, -0.2) is 23.2 Å². The minimum absolute atomic E-state index is 0.0182. The fraction of sp³-hybridized carbons (Fsp3) is 0.941. The van der Waals surface area contributed by atoms with Crippen molar-refractivity contribution in [3.05, 3.63) is 0 Å². The number of hydrogen-bond acceptors (Lipinski definition) is 2. The van der Waals surface area contributed by atoms with Crippen molar-refractivity contribution in [2.45, 2.75) is 80.7 Å². The zero-order valence-corrected chi connectivity index (χ0v) is 15.0. The zero-order chi connectivity index (χ0) is 16.4. The van der Waals surface area contributed by atoms with E-state index in [2.05, 4.69) is 46.9 Å². The summed E-state index contributed by atoms with van der Waals surface area (Å²) in [6, 6.07) is 0. The molecule has 0 aromatic heterocycles. The number of rotatable bonds is 6. The highest BCUT2D eigenvalue weighted by atomic mass is 16.3. The van der Waals surface area contributed by atoms with Crippen molar-refractivity contribution in [2.24, 2.45) is 16.2 Å². The minimum Gasteiger partial charge on any atom is -0.396 e. The Balaban J connectivity index is 4.95. The zero-order valence-electron chi connectivity index (χ0n) is 15.0. The normalized spacial score (nSPS) is 14.3. The van der Waals surface area contributed by atoms with Crippen LogP contribution in [0.3, 0.4) is 0 Å². The summed E-state index contributed by atoms with van der Waals surface area (Å²) in [5, 5.41) is 12.4. The standard InChI is InChI=1S/C17H35NO2/c1-14(2,3)13(20)18-17(8,9)12-16(6,7)15(4,5)10-11-19/h19H,10-12H2,1-9H3,(H,18,20). The van der Waals surface area contributed by atoms with Gasteiger partial charge in [-0.05, 0) is 37.5 Å². The summed E-state index contributed by atoms with van der Waals surface area (Å²) in [6.07, 6.45) is 1.64. The number of carbonyl (C=O) groups is 1. The molecule has 3 heteroatoms. The van der Waals surface area contributed by atoms with Crippen molar-refractivity contribution >= 4 is 5.91 Å². The summed E-state index contributed by atoms with van der Waals surface area (Å²) >= 11 is 0. The lowest BCUT2D eigenvalue weighted by atomic mass is 9.61. The van der Waals surface area contributed by atoms with Gasteiger partial charge in [0.15, 0.2) is 0 Å². The van der Waals surface area contributed by atoms with Crippen LogP contribution in [0, 0.1) is 16.2 Å². The highest BCUT2D eigenvalue weighted by Crippen LogP contribution is 2.46. The van der Waals surface area contributed by atoms with Gasteiger partial charge in [-0.2, -0.15) is 0 Å². The lowest BCUT2D eigenvalue weighted by Gasteiger charge is -2.46. The molecule has 0 heterocycles. The van der Waals surface area contributed by atoms with Gasteiger partial charge >= 0.3 is 0 Å². The average molecular weight is 285 g/mol. The fourth-order valence-electron chi connectivity index (χ4n) is 2.50. The highest BCUT2D eigenvalue weighted by Gasteiger charge is 2.41. The Kier molecular flexibility index (Phi) is 5.87. The molecule has 0 atom stereocenters. The smallest absolute Gasteiger partial charge is 0.225 e. The number of amides is 1. The number of nitrogens with one attached hydrogen (secondary N) is 1. The van der Waals surface area contributed by atoms with Gasteiger partial charge in [-0.3, -0.25) is 4.79 Å². The molecule has 0 aliphatic rings. The van der Waals surface area contributed by atoms with Crippen LogP contribution in [0.2, 0.25) is 0 Å². The molecule has 120 valence electrons. The van der Waals surface area contributed by atoms with Gasteiger partial charge in [-0.1, -0.05) is 48.5 Å². The average Bonchev–Trinajstić information content (AvgIpc) is 2.12. The highest BCUT2D eigenvalue weighted by molar-refractivity contribution is 5.82. The lowest BCUT2D eigenvalue weighted by Crippen LogP contribution is -2.52. The Hall–Kier alpha value is -0.570. The second-order valence-electron chi connectivity index (χ2n) is 9.01.